The van der Waals surface area contributed by atoms with Crippen LogP contribution in [0.5, 0.6) is 0 Å². The molecule has 2 aromatic carbocycles. The maximum absolute atomic E-state index is 12.9. The molecule has 0 aliphatic carbocycles. The fourth-order valence-electron chi connectivity index (χ4n) is 3.73. The summed E-state index contributed by atoms with van der Waals surface area (Å²) in [6, 6.07) is 12.6. The monoisotopic (exact) mass is 513 g/mol. The van der Waals surface area contributed by atoms with E-state index in [4.69, 9.17) is 9.47 Å². The number of amides is 2. The Morgan fingerprint density at radius 1 is 1.22 bits per heavy atom. The molecule has 0 aromatic heterocycles. The Hall–Kier alpha value is -4.39. The van der Waals surface area contributed by atoms with Crippen LogP contribution in [0.15, 0.2) is 66.1 Å². The molecular formula is C23H19N3O9S. The predicted molar refractivity (Wildman–Crippen MR) is 124 cm³/mol. The molecule has 186 valence electrons. The summed E-state index contributed by atoms with van der Waals surface area (Å²) in [5.74, 6) is -2.68. The number of carbonyl (C=O) groups excluding carboxylic acids is 4. The minimum Gasteiger partial charge on any atom is -0.509 e. The molecule has 2 aliphatic rings. The van der Waals surface area contributed by atoms with Gasteiger partial charge in [0, 0.05) is 17.7 Å². The topological polar surface area (TPSA) is 165 Å². The molecule has 0 radical (unpaired) electrons. The number of hydrogen-bond donors (Lipinski definition) is 2. The number of benzene rings is 2. The van der Waals surface area contributed by atoms with Crippen molar-refractivity contribution in [3.8, 4) is 0 Å². The van der Waals surface area contributed by atoms with Crippen molar-refractivity contribution in [2.45, 2.75) is 24.1 Å². The van der Waals surface area contributed by atoms with E-state index in [2.05, 4.69) is 5.32 Å². The van der Waals surface area contributed by atoms with Gasteiger partial charge in [-0.15, -0.1) is 11.8 Å². The third kappa shape index (κ3) is 4.86. The number of thioether (sulfide) groups is 1. The largest absolute Gasteiger partial charge is 0.509 e. The van der Waals surface area contributed by atoms with Crippen LogP contribution in [0.1, 0.15) is 17.2 Å². The summed E-state index contributed by atoms with van der Waals surface area (Å²) in [6.07, 6.45) is -1.27. The van der Waals surface area contributed by atoms with Crippen molar-refractivity contribution >= 4 is 41.7 Å². The van der Waals surface area contributed by atoms with Crippen molar-refractivity contribution in [2.75, 3.05) is 5.75 Å². The van der Waals surface area contributed by atoms with E-state index in [1.807, 2.05) is 0 Å². The lowest BCUT2D eigenvalue weighted by Crippen LogP contribution is -2.71. The minimum absolute atomic E-state index is 0.00423. The van der Waals surface area contributed by atoms with Crippen LogP contribution in [-0.2, 0) is 35.3 Å². The number of nitro benzene ring substituents is 1. The van der Waals surface area contributed by atoms with Gasteiger partial charge >= 0.3 is 5.97 Å². The number of nitro groups is 1. The SMILES string of the molecule is O=CO[C@@H](C(=O)NC1C(=O)N2C(C(=O)OCc3ccc([N+](=O)[O-])cc3)=C(O)CS[C@H]12)c1ccccc1. The van der Waals surface area contributed by atoms with Gasteiger partial charge in [0.25, 0.3) is 24.0 Å². The number of rotatable bonds is 9. The van der Waals surface area contributed by atoms with Crippen molar-refractivity contribution in [1.29, 1.82) is 0 Å². The smallest absolute Gasteiger partial charge is 0.358 e. The standard InChI is InChI=1S/C23H19N3O9S/c27-12-35-19(14-4-2-1-3-5-14)20(29)24-17-21(30)25-18(16(28)11-36-22(17)25)23(31)34-10-13-6-8-15(9-7-13)26(32)33/h1-9,12,17,19,22,28H,10-11H2,(H,24,29)/t17?,19-,22-/m1/s1. The van der Waals surface area contributed by atoms with Gasteiger partial charge in [-0.1, -0.05) is 30.3 Å². The van der Waals surface area contributed by atoms with Gasteiger partial charge < -0.3 is 19.9 Å². The van der Waals surface area contributed by atoms with Crippen LogP contribution in [0.4, 0.5) is 5.69 Å². The molecular weight excluding hydrogens is 494 g/mol. The first kappa shape index (κ1) is 24.7. The molecule has 0 spiro atoms. The van der Waals surface area contributed by atoms with Gasteiger partial charge in [-0.3, -0.25) is 29.4 Å². The van der Waals surface area contributed by atoms with Crippen LogP contribution in [-0.4, -0.2) is 56.4 Å². The summed E-state index contributed by atoms with van der Waals surface area (Å²) in [4.78, 5) is 60.5. The number of β-lactam (4-membered cyclic amide) rings is 1. The first-order valence-electron chi connectivity index (χ1n) is 10.5. The normalized spacial score (nSPS) is 19.4. The van der Waals surface area contributed by atoms with Gasteiger partial charge in [-0.2, -0.15) is 0 Å². The van der Waals surface area contributed by atoms with Crippen LogP contribution in [0.2, 0.25) is 0 Å². The molecule has 1 fully saturated rings. The van der Waals surface area contributed by atoms with Gasteiger partial charge in [0.2, 0.25) is 6.10 Å². The summed E-state index contributed by atoms with van der Waals surface area (Å²) in [6.45, 7) is -0.100. The van der Waals surface area contributed by atoms with Crippen LogP contribution in [0.3, 0.4) is 0 Å². The fourth-order valence-corrected chi connectivity index (χ4v) is 4.93. The molecule has 1 unspecified atom stereocenters. The molecule has 0 saturated carbocycles. The first-order chi connectivity index (χ1) is 17.3. The average molecular weight is 513 g/mol. The number of ether oxygens (including phenoxy) is 2. The predicted octanol–water partition coefficient (Wildman–Crippen LogP) is 1.72. The Morgan fingerprint density at radius 3 is 2.56 bits per heavy atom. The van der Waals surface area contributed by atoms with Gasteiger partial charge in [0.15, 0.2) is 5.70 Å². The van der Waals surface area contributed by atoms with Gasteiger partial charge in [0.1, 0.15) is 23.8 Å². The number of non-ortho nitro benzene ring substituents is 1. The zero-order valence-electron chi connectivity index (χ0n) is 18.4. The van der Waals surface area contributed by atoms with E-state index in [1.54, 1.807) is 30.3 Å². The quantitative estimate of drug-likeness (QED) is 0.166. The van der Waals surface area contributed by atoms with E-state index in [0.29, 0.717) is 11.1 Å². The highest BCUT2D eigenvalue weighted by Gasteiger charge is 2.55. The Kier molecular flexibility index (Phi) is 7.20. The molecule has 0 bridgehead atoms. The van der Waals surface area contributed by atoms with Crippen molar-refractivity contribution in [3.05, 3.63) is 87.3 Å². The molecule has 3 atom stereocenters. The minimum atomic E-state index is -1.27. The molecule has 1 saturated heterocycles. The molecule has 2 N–H and O–H groups in total. The molecule has 2 aliphatic heterocycles. The van der Waals surface area contributed by atoms with E-state index in [1.165, 1.54) is 24.3 Å². The Labute approximate surface area is 208 Å². The second-order valence-electron chi connectivity index (χ2n) is 7.71. The van der Waals surface area contributed by atoms with Crippen molar-refractivity contribution in [2.24, 2.45) is 0 Å². The molecule has 4 rings (SSSR count). The van der Waals surface area contributed by atoms with Crippen LogP contribution in [0.25, 0.3) is 0 Å². The number of hydrogen-bond acceptors (Lipinski definition) is 10. The summed E-state index contributed by atoms with van der Waals surface area (Å²) < 4.78 is 10.1. The van der Waals surface area contributed by atoms with Crippen molar-refractivity contribution in [3.63, 3.8) is 0 Å². The number of carbonyl (C=O) groups is 4. The van der Waals surface area contributed by atoms with Crippen molar-refractivity contribution < 1.29 is 38.7 Å². The van der Waals surface area contributed by atoms with Crippen LogP contribution < -0.4 is 5.32 Å². The number of aliphatic hydroxyl groups excluding tert-OH is 1. The lowest BCUT2D eigenvalue weighted by atomic mass is 10.0. The third-order valence-corrected chi connectivity index (χ3v) is 6.75. The lowest BCUT2D eigenvalue weighted by Gasteiger charge is -2.48. The summed E-state index contributed by atoms with van der Waals surface area (Å²) in [5.41, 5.74) is 0.429. The number of fused-ring (bicyclic) bond motifs is 1. The van der Waals surface area contributed by atoms with Gasteiger partial charge in [0.05, 0.1) is 10.7 Å². The van der Waals surface area contributed by atoms with E-state index in [-0.39, 0.29) is 36.0 Å². The Morgan fingerprint density at radius 2 is 1.92 bits per heavy atom. The zero-order chi connectivity index (χ0) is 25.8. The first-order valence-corrected chi connectivity index (χ1v) is 11.6. The maximum atomic E-state index is 12.9. The number of esters is 1. The summed E-state index contributed by atoms with van der Waals surface area (Å²) in [5, 5.41) is 22.9. The van der Waals surface area contributed by atoms with E-state index in [9.17, 15) is 34.4 Å². The van der Waals surface area contributed by atoms with Gasteiger partial charge in [-0.05, 0) is 17.7 Å². The number of aliphatic hydroxyl groups is 1. The number of nitrogens with zero attached hydrogens (tertiary/aromatic N) is 2. The highest BCUT2D eigenvalue weighted by Crippen LogP contribution is 2.40. The van der Waals surface area contributed by atoms with Crippen molar-refractivity contribution in [1.82, 2.24) is 10.2 Å². The average Bonchev–Trinajstić information content (AvgIpc) is 2.89. The third-order valence-electron chi connectivity index (χ3n) is 5.49. The second-order valence-corrected chi connectivity index (χ2v) is 8.82. The molecule has 2 aromatic rings. The zero-order valence-corrected chi connectivity index (χ0v) is 19.3. The molecule has 2 amide bonds. The molecule has 36 heavy (non-hydrogen) atoms. The van der Waals surface area contributed by atoms with Crippen LogP contribution >= 0.6 is 11.8 Å². The molecule has 13 heteroatoms. The van der Waals surface area contributed by atoms with Crippen LogP contribution in [0, 0.1) is 10.1 Å². The highest BCUT2D eigenvalue weighted by molar-refractivity contribution is 8.00. The van der Waals surface area contributed by atoms with E-state index in [0.717, 1.165) is 16.7 Å². The molecule has 2 heterocycles. The Bertz CT molecular complexity index is 1230. The molecule has 12 nitrogen and oxygen atoms in total. The lowest BCUT2D eigenvalue weighted by molar-refractivity contribution is -0.384. The number of nitrogens with one attached hydrogen (secondary N) is 1. The fraction of sp³-hybridized carbons (Fsp3) is 0.217. The summed E-state index contributed by atoms with van der Waals surface area (Å²) in [7, 11) is 0. The highest BCUT2D eigenvalue weighted by atomic mass is 32.2. The second kappa shape index (κ2) is 10.5. The summed E-state index contributed by atoms with van der Waals surface area (Å²) >= 11 is 1.14. The van der Waals surface area contributed by atoms with Gasteiger partial charge in [-0.25, -0.2) is 4.79 Å². The van der Waals surface area contributed by atoms with E-state index >= 15 is 0 Å². The maximum Gasteiger partial charge on any atom is 0.358 e. The Balaban J connectivity index is 1.42. The van der Waals surface area contributed by atoms with E-state index < -0.39 is 40.2 Å².